The molecule has 1 heterocycles. The number of hydrogen-bond acceptors (Lipinski definition) is 3. The van der Waals surface area contributed by atoms with Crippen molar-refractivity contribution < 1.29 is 14.3 Å². The van der Waals surface area contributed by atoms with E-state index < -0.39 is 5.97 Å². The average Bonchev–Trinajstić information content (AvgIpc) is 2.14. The molecule has 0 saturated heterocycles. The molecule has 1 aromatic heterocycles. The molecular formula is C9H9NO3. The number of methoxy groups -OCH3 is 1. The highest BCUT2D eigenvalue weighted by Gasteiger charge is 1.94. The number of aromatic nitrogens is 1. The number of carbonyl (C=O) groups excluding carboxylic acids is 1. The lowest BCUT2D eigenvalue weighted by Gasteiger charge is -1.95. The molecule has 0 spiro atoms. The maximum Gasteiger partial charge on any atom is 0.330 e. The lowest BCUT2D eigenvalue weighted by Crippen LogP contribution is -2.24. The van der Waals surface area contributed by atoms with Gasteiger partial charge in [0.25, 0.3) is 0 Å². The van der Waals surface area contributed by atoms with Crippen LogP contribution in [0.3, 0.4) is 0 Å². The van der Waals surface area contributed by atoms with Gasteiger partial charge in [0.15, 0.2) is 12.4 Å². The summed E-state index contributed by atoms with van der Waals surface area (Å²) in [5, 5.41) is 10.8. The van der Waals surface area contributed by atoms with E-state index in [0.29, 0.717) is 10.3 Å². The minimum absolute atomic E-state index is 0.443. The molecule has 0 bridgehead atoms. The number of ether oxygens (including phenoxy) is 1. The number of hydrogen-bond donors (Lipinski definition) is 0. The monoisotopic (exact) mass is 179 g/mol. The molecule has 0 unspecified atom stereocenters. The van der Waals surface area contributed by atoms with E-state index in [4.69, 9.17) is 0 Å². The molecule has 68 valence electrons. The molecule has 4 heteroatoms. The van der Waals surface area contributed by atoms with Crippen LogP contribution in [0.4, 0.5) is 0 Å². The molecule has 0 atom stereocenters. The van der Waals surface area contributed by atoms with Gasteiger partial charge < -0.3 is 9.94 Å². The van der Waals surface area contributed by atoms with Gasteiger partial charge in [-0.3, -0.25) is 0 Å². The molecule has 0 radical (unpaired) electrons. The van der Waals surface area contributed by atoms with Gasteiger partial charge in [0, 0.05) is 17.7 Å². The van der Waals surface area contributed by atoms with Crippen molar-refractivity contribution in [3.05, 3.63) is 41.4 Å². The Morgan fingerprint density at radius 3 is 3.08 bits per heavy atom. The molecule has 1 aromatic rings. The molecule has 0 aliphatic rings. The SMILES string of the molecule is COC(=O)/C=C/c1ccc[n+]([O-])c1. The second kappa shape index (κ2) is 4.25. The molecule has 0 amide bonds. The highest BCUT2D eigenvalue weighted by atomic mass is 16.5. The van der Waals surface area contributed by atoms with Crippen molar-refractivity contribution in [2.45, 2.75) is 0 Å². The van der Waals surface area contributed by atoms with Crippen molar-refractivity contribution in [1.82, 2.24) is 0 Å². The number of pyridine rings is 1. The fourth-order valence-corrected chi connectivity index (χ4v) is 0.803. The van der Waals surface area contributed by atoms with Gasteiger partial charge in [-0.25, -0.2) is 4.79 Å². The summed E-state index contributed by atoms with van der Waals surface area (Å²) in [7, 11) is 1.30. The van der Waals surface area contributed by atoms with Gasteiger partial charge in [0.2, 0.25) is 0 Å². The van der Waals surface area contributed by atoms with Crippen LogP contribution in [-0.4, -0.2) is 13.1 Å². The first kappa shape index (κ1) is 9.25. The summed E-state index contributed by atoms with van der Waals surface area (Å²) >= 11 is 0. The van der Waals surface area contributed by atoms with E-state index in [1.165, 1.54) is 31.7 Å². The number of rotatable bonds is 2. The van der Waals surface area contributed by atoms with Crippen LogP contribution in [0.15, 0.2) is 30.6 Å². The van der Waals surface area contributed by atoms with Crippen LogP contribution in [-0.2, 0) is 9.53 Å². The molecule has 1 rings (SSSR count). The third-order valence-corrected chi connectivity index (χ3v) is 1.41. The van der Waals surface area contributed by atoms with E-state index in [1.54, 1.807) is 12.1 Å². The highest BCUT2D eigenvalue weighted by molar-refractivity contribution is 5.86. The van der Waals surface area contributed by atoms with Crippen LogP contribution >= 0.6 is 0 Å². The Morgan fingerprint density at radius 2 is 2.46 bits per heavy atom. The molecule has 13 heavy (non-hydrogen) atoms. The van der Waals surface area contributed by atoms with Crippen molar-refractivity contribution in [3.8, 4) is 0 Å². The molecule has 0 aliphatic carbocycles. The van der Waals surface area contributed by atoms with Crippen molar-refractivity contribution in [3.63, 3.8) is 0 Å². The third kappa shape index (κ3) is 2.94. The van der Waals surface area contributed by atoms with Gasteiger partial charge in [-0.05, 0) is 12.1 Å². The standard InChI is InChI=1S/C9H9NO3/c1-13-9(11)5-4-8-3-2-6-10(12)7-8/h2-7H,1H3/b5-4+. The Morgan fingerprint density at radius 1 is 1.69 bits per heavy atom. The van der Waals surface area contributed by atoms with Crippen molar-refractivity contribution in [1.29, 1.82) is 0 Å². The van der Waals surface area contributed by atoms with Gasteiger partial charge in [-0.2, -0.15) is 4.73 Å². The second-order valence-corrected chi connectivity index (χ2v) is 2.35. The lowest BCUT2D eigenvalue weighted by molar-refractivity contribution is -0.605. The van der Waals surface area contributed by atoms with Gasteiger partial charge in [0.1, 0.15) is 0 Å². The summed E-state index contributed by atoms with van der Waals surface area (Å²) in [6.07, 6.45) is 5.50. The zero-order chi connectivity index (χ0) is 9.68. The maximum atomic E-state index is 10.8. The smallest absolute Gasteiger partial charge is 0.330 e. The van der Waals surface area contributed by atoms with Crippen LogP contribution in [0.5, 0.6) is 0 Å². The van der Waals surface area contributed by atoms with E-state index in [0.717, 1.165) is 0 Å². The van der Waals surface area contributed by atoms with E-state index in [-0.39, 0.29) is 0 Å². The largest absolute Gasteiger partial charge is 0.619 e. The Kier molecular flexibility index (Phi) is 3.03. The quantitative estimate of drug-likeness (QED) is 0.287. The van der Waals surface area contributed by atoms with E-state index >= 15 is 0 Å². The highest BCUT2D eigenvalue weighted by Crippen LogP contribution is 1.97. The minimum Gasteiger partial charge on any atom is -0.619 e. The molecule has 4 nitrogen and oxygen atoms in total. The van der Waals surface area contributed by atoms with Crippen LogP contribution in [0.2, 0.25) is 0 Å². The minimum atomic E-state index is -0.443. The predicted molar refractivity (Wildman–Crippen MR) is 46.5 cm³/mol. The van der Waals surface area contributed by atoms with Crippen molar-refractivity contribution in [2.24, 2.45) is 0 Å². The Bertz CT molecular complexity index is 333. The lowest BCUT2D eigenvalue weighted by atomic mass is 10.2. The Labute approximate surface area is 75.7 Å². The first-order chi connectivity index (χ1) is 6.22. The summed E-state index contributed by atoms with van der Waals surface area (Å²) in [6.45, 7) is 0. The number of nitrogens with zero attached hydrogens (tertiary/aromatic N) is 1. The molecule has 0 aliphatic heterocycles. The fraction of sp³-hybridized carbons (Fsp3) is 0.111. The summed E-state index contributed by atoms with van der Waals surface area (Å²) in [4.78, 5) is 10.7. The summed E-state index contributed by atoms with van der Waals surface area (Å²) < 4.78 is 5.06. The third-order valence-electron chi connectivity index (χ3n) is 1.41. The van der Waals surface area contributed by atoms with Gasteiger partial charge in [0.05, 0.1) is 7.11 Å². The van der Waals surface area contributed by atoms with Gasteiger partial charge in [-0.15, -0.1) is 0 Å². The molecule has 0 aromatic carbocycles. The Balaban J connectivity index is 2.74. The first-order valence-corrected chi connectivity index (χ1v) is 3.67. The van der Waals surface area contributed by atoms with Gasteiger partial charge >= 0.3 is 5.97 Å². The molecule has 0 fully saturated rings. The average molecular weight is 179 g/mol. The summed E-state index contributed by atoms with van der Waals surface area (Å²) in [6, 6.07) is 3.32. The fourth-order valence-electron chi connectivity index (χ4n) is 0.803. The first-order valence-electron chi connectivity index (χ1n) is 3.67. The zero-order valence-corrected chi connectivity index (χ0v) is 7.14. The molecule has 0 saturated carbocycles. The summed E-state index contributed by atoms with van der Waals surface area (Å²) in [5.41, 5.74) is 0.655. The van der Waals surface area contributed by atoms with Crippen LogP contribution in [0.1, 0.15) is 5.56 Å². The van der Waals surface area contributed by atoms with E-state index in [9.17, 15) is 10.0 Å². The van der Waals surface area contributed by atoms with Crippen molar-refractivity contribution in [2.75, 3.05) is 7.11 Å². The number of esters is 1. The second-order valence-electron chi connectivity index (χ2n) is 2.35. The molecule has 0 N–H and O–H groups in total. The van der Waals surface area contributed by atoms with Crippen LogP contribution in [0, 0.1) is 5.21 Å². The Hall–Kier alpha value is -1.84. The van der Waals surface area contributed by atoms with E-state index in [1.807, 2.05) is 0 Å². The van der Waals surface area contributed by atoms with Crippen LogP contribution < -0.4 is 4.73 Å². The normalized spacial score (nSPS) is 10.2. The predicted octanol–water partition coefficient (Wildman–Crippen LogP) is 0.506. The number of carbonyl (C=O) groups is 1. The van der Waals surface area contributed by atoms with Gasteiger partial charge in [-0.1, -0.05) is 0 Å². The summed E-state index contributed by atoms with van der Waals surface area (Å²) in [5.74, 6) is -0.443. The van der Waals surface area contributed by atoms with Crippen LogP contribution in [0.25, 0.3) is 6.08 Å². The zero-order valence-electron chi connectivity index (χ0n) is 7.14. The maximum absolute atomic E-state index is 10.8. The van der Waals surface area contributed by atoms with E-state index in [2.05, 4.69) is 4.74 Å². The molecular weight excluding hydrogens is 170 g/mol. The van der Waals surface area contributed by atoms with Crippen molar-refractivity contribution >= 4 is 12.0 Å². The topological polar surface area (TPSA) is 53.2 Å².